The summed E-state index contributed by atoms with van der Waals surface area (Å²) in [6.07, 6.45) is 2.52. The molecule has 1 N–H and O–H groups in total. The van der Waals surface area contributed by atoms with Gasteiger partial charge >= 0.3 is 0 Å². The van der Waals surface area contributed by atoms with E-state index in [1.165, 1.54) is 18.2 Å². The van der Waals surface area contributed by atoms with E-state index in [9.17, 15) is 9.18 Å². The molecular weight excluding hydrogens is 325 g/mol. The highest BCUT2D eigenvalue weighted by Gasteiger charge is 2.15. The van der Waals surface area contributed by atoms with Gasteiger partial charge in [-0.05, 0) is 47.5 Å². The molecule has 0 saturated carbocycles. The molecule has 0 aliphatic carbocycles. The first-order valence-electron chi connectivity index (χ1n) is 6.32. The maximum Gasteiger partial charge on any atom is 0.258 e. The Kier molecular flexibility index (Phi) is 4.54. The van der Waals surface area contributed by atoms with Crippen LogP contribution in [0.3, 0.4) is 0 Å². The standard InChI is InChI=1S/C14H15BrFN3O/c1-3-9(2)19-13(6-7-17-19)18-14(20)11-8-10(16)4-5-12(11)15/h4-9H,3H2,1-2H3,(H,18,20). The zero-order valence-corrected chi connectivity index (χ0v) is 12.8. The van der Waals surface area contributed by atoms with Crippen LogP contribution in [0.2, 0.25) is 0 Å². The molecule has 106 valence electrons. The average molecular weight is 340 g/mol. The minimum absolute atomic E-state index is 0.177. The van der Waals surface area contributed by atoms with Crippen LogP contribution >= 0.6 is 15.9 Å². The second-order valence-corrected chi connectivity index (χ2v) is 5.35. The monoisotopic (exact) mass is 339 g/mol. The Bertz CT molecular complexity index is 627. The van der Waals surface area contributed by atoms with E-state index in [1.807, 2.05) is 13.8 Å². The van der Waals surface area contributed by atoms with Gasteiger partial charge in [-0.25, -0.2) is 9.07 Å². The third kappa shape index (κ3) is 3.07. The zero-order valence-electron chi connectivity index (χ0n) is 11.2. The number of hydrogen-bond donors (Lipinski definition) is 1. The molecule has 2 rings (SSSR count). The van der Waals surface area contributed by atoms with Gasteiger partial charge in [0.25, 0.3) is 5.91 Å². The van der Waals surface area contributed by atoms with Crippen LogP contribution in [0.5, 0.6) is 0 Å². The maximum absolute atomic E-state index is 13.2. The lowest BCUT2D eigenvalue weighted by Gasteiger charge is -2.14. The smallest absolute Gasteiger partial charge is 0.258 e. The SMILES string of the molecule is CCC(C)n1nccc1NC(=O)c1cc(F)ccc1Br. The molecule has 1 unspecified atom stereocenters. The van der Waals surface area contributed by atoms with Crippen molar-refractivity contribution in [2.75, 3.05) is 5.32 Å². The minimum Gasteiger partial charge on any atom is -0.307 e. The van der Waals surface area contributed by atoms with Gasteiger partial charge in [0.05, 0.1) is 17.8 Å². The molecule has 0 aliphatic rings. The van der Waals surface area contributed by atoms with E-state index >= 15 is 0 Å². The summed E-state index contributed by atoms with van der Waals surface area (Å²) < 4.78 is 15.5. The maximum atomic E-state index is 13.2. The van der Waals surface area contributed by atoms with Crippen LogP contribution < -0.4 is 5.32 Å². The van der Waals surface area contributed by atoms with Crippen LogP contribution in [0.4, 0.5) is 10.2 Å². The molecule has 0 aliphatic heterocycles. The first-order chi connectivity index (χ1) is 9.52. The van der Waals surface area contributed by atoms with Crippen molar-refractivity contribution in [2.45, 2.75) is 26.3 Å². The van der Waals surface area contributed by atoms with Crippen LogP contribution in [0, 0.1) is 5.82 Å². The lowest BCUT2D eigenvalue weighted by molar-refractivity contribution is 0.102. The summed E-state index contributed by atoms with van der Waals surface area (Å²) >= 11 is 3.25. The molecular formula is C14H15BrFN3O. The fraction of sp³-hybridized carbons (Fsp3) is 0.286. The topological polar surface area (TPSA) is 46.9 Å². The largest absolute Gasteiger partial charge is 0.307 e. The molecule has 4 nitrogen and oxygen atoms in total. The van der Waals surface area contributed by atoms with E-state index < -0.39 is 5.82 Å². The summed E-state index contributed by atoms with van der Waals surface area (Å²) in [6, 6.07) is 5.90. The number of hydrogen-bond acceptors (Lipinski definition) is 2. The predicted molar refractivity (Wildman–Crippen MR) is 79.3 cm³/mol. The lowest BCUT2D eigenvalue weighted by atomic mass is 10.2. The normalized spacial score (nSPS) is 12.2. The fourth-order valence-corrected chi connectivity index (χ4v) is 2.22. The molecule has 0 fully saturated rings. The van der Waals surface area contributed by atoms with Gasteiger partial charge in [-0.2, -0.15) is 5.10 Å². The Labute approximate surface area is 125 Å². The van der Waals surface area contributed by atoms with Crippen molar-refractivity contribution >= 4 is 27.7 Å². The summed E-state index contributed by atoms with van der Waals surface area (Å²) in [5.74, 6) is -0.226. The highest BCUT2D eigenvalue weighted by molar-refractivity contribution is 9.10. The Morgan fingerprint density at radius 3 is 2.95 bits per heavy atom. The summed E-state index contributed by atoms with van der Waals surface area (Å²) in [5.41, 5.74) is 0.252. The predicted octanol–water partition coefficient (Wildman–Crippen LogP) is 4.01. The Balaban J connectivity index is 2.24. The van der Waals surface area contributed by atoms with E-state index in [4.69, 9.17) is 0 Å². The molecule has 1 heterocycles. The van der Waals surface area contributed by atoms with Crippen molar-refractivity contribution < 1.29 is 9.18 Å². The molecule has 1 aromatic carbocycles. The number of rotatable bonds is 4. The van der Waals surface area contributed by atoms with E-state index in [0.29, 0.717) is 10.3 Å². The molecule has 1 amide bonds. The van der Waals surface area contributed by atoms with Gasteiger partial charge in [-0.15, -0.1) is 0 Å². The molecule has 20 heavy (non-hydrogen) atoms. The zero-order chi connectivity index (χ0) is 14.7. The fourth-order valence-electron chi connectivity index (χ4n) is 1.79. The number of halogens is 2. The second-order valence-electron chi connectivity index (χ2n) is 4.50. The van der Waals surface area contributed by atoms with Gasteiger partial charge in [0.1, 0.15) is 11.6 Å². The number of amides is 1. The number of nitrogens with one attached hydrogen (secondary N) is 1. The number of carbonyl (C=O) groups excluding carboxylic acids is 1. The molecule has 1 atom stereocenters. The quantitative estimate of drug-likeness (QED) is 0.914. The first kappa shape index (κ1) is 14.7. The van der Waals surface area contributed by atoms with Gasteiger partial charge in [0.15, 0.2) is 0 Å². The van der Waals surface area contributed by atoms with Crippen molar-refractivity contribution in [3.05, 3.63) is 46.3 Å². The van der Waals surface area contributed by atoms with Crippen molar-refractivity contribution in [3.8, 4) is 0 Å². The lowest BCUT2D eigenvalue weighted by Crippen LogP contribution is -2.18. The van der Waals surface area contributed by atoms with Crippen LogP contribution in [-0.2, 0) is 0 Å². The van der Waals surface area contributed by atoms with Crippen LogP contribution in [-0.4, -0.2) is 15.7 Å². The number of nitrogens with zero attached hydrogens (tertiary/aromatic N) is 2. The number of aromatic nitrogens is 2. The molecule has 6 heteroatoms. The molecule has 0 bridgehead atoms. The van der Waals surface area contributed by atoms with Gasteiger partial charge in [0, 0.05) is 10.5 Å². The van der Waals surface area contributed by atoms with Crippen LogP contribution in [0.25, 0.3) is 0 Å². The summed E-state index contributed by atoms with van der Waals surface area (Å²) in [6.45, 7) is 4.06. The van der Waals surface area contributed by atoms with E-state index in [0.717, 1.165) is 6.42 Å². The number of anilines is 1. The number of benzene rings is 1. The Morgan fingerprint density at radius 1 is 1.50 bits per heavy atom. The minimum atomic E-state index is -0.450. The molecule has 1 aromatic heterocycles. The van der Waals surface area contributed by atoms with Crippen LogP contribution in [0.1, 0.15) is 36.7 Å². The molecule has 2 aromatic rings. The average Bonchev–Trinajstić information content (AvgIpc) is 2.88. The molecule has 0 spiro atoms. The second kappa shape index (κ2) is 6.17. The van der Waals surface area contributed by atoms with Crippen molar-refractivity contribution in [1.29, 1.82) is 0 Å². The van der Waals surface area contributed by atoms with E-state index in [-0.39, 0.29) is 17.5 Å². The van der Waals surface area contributed by atoms with Crippen molar-refractivity contribution in [2.24, 2.45) is 0 Å². The number of carbonyl (C=O) groups is 1. The third-order valence-electron chi connectivity index (χ3n) is 3.09. The molecule has 0 saturated heterocycles. The van der Waals surface area contributed by atoms with Gasteiger partial charge in [-0.1, -0.05) is 6.92 Å². The Hall–Kier alpha value is -1.69. The van der Waals surface area contributed by atoms with E-state index in [1.54, 1.807) is 16.9 Å². The highest BCUT2D eigenvalue weighted by Crippen LogP contribution is 2.21. The Morgan fingerprint density at radius 2 is 2.25 bits per heavy atom. The van der Waals surface area contributed by atoms with Crippen molar-refractivity contribution in [3.63, 3.8) is 0 Å². The summed E-state index contributed by atoms with van der Waals surface area (Å²) in [7, 11) is 0. The third-order valence-corrected chi connectivity index (χ3v) is 3.78. The summed E-state index contributed by atoms with van der Waals surface area (Å²) in [4.78, 5) is 12.2. The van der Waals surface area contributed by atoms with Gasteiger partial charge in [-0.3, -0.25) is 4.79 Å². The van der Waals surface area contributed by atoms with Gasteiger partial charge in [0.2, 0.25) is 0 Å². The van der Waals surface area contributed by atoms with Crippen LogP contribution in [0.15, 0.2) is 34.9 Å². The first-order valence-corrected chi connectivity index (χ1v) is 7.12. The van der Waals surface area contributed by atoms with E-state index in [2.05, 4.69) is 26.3 Å². The van der Waals surface area contributed by atoms with Gasteiger partial charge < -0.3 is 5.32 Å². The van der Waals surface area contributed by atoms with Crippen molar-refractivity contribution in [1.82, 2.24) is 9.78 Å². The molecule has 0 radical (unpaired) electrons. The summed E-state index contributed by atoms with van der Waals surface area (Å²) in [5, 5.41) is 6.94. The highest BCUT2D eigenvalue weighted by atomic mass is 79.9.